The molecule has 12 heteroatoms. The molecule has 3 aliphatic carbocycles. The summed E-state index contributed by atoms with van der Waals surface area (Å²) in [6.07, 6.45) is 18.7. The molecule has 0 spiro atoms. The minimum absolute atomic E-state index is 0.0117. The third kappa shape index (κ3) is 8.29. The molecule has 2 aliphatic heterocycles. The highest BCUT2D eigenvalue weighted by Gasteiger charge is 2.34. The van der Waals surface area contributed by atoms with Crippen LogP contribution in [0.4, 0.5) is 23.5 Å². The maximum atomic E-state index is 6.42. The standard InChI is InChI=1S/C37H45ClN10O/c1-49-29-13-15-32-31(25-29)34(30-14-12-26(38)24-33(30)43-32)40-17-19-42-36-44-35(41-18-16-39-27-8-4-2-5-9-27)45-37(46-36)48-22-20-47(21-23-48)28-10-6-3-7-11-28/h2-10,12,14,25,28-29,33,39H,11,13,15-24H2,1H3,(H2,41,42,44,45,46). The fourth-order valence-electron chi connectivity index (χ4n) is 6.87. The molecule has 1 aromatic carbocycles. The number of hydrogen-bond donors (Lipinski definition) is 3. The third-order valence-electron chi connectivity index (χ3n) is 9.49. The molecule has 3 unspecified atom stereocenters. The van der Waals surface area contributed by atoms with Crippen molar-refractivity contribution in [1.82, 2.24) is 19.9 Å². The molecule has 0 radical (unpaired) electrons. The van der Waals surface area contributed by atoms with Gasteiger partial charge in [-0.05, 0) is 43.5 Å². The predicted molar refractivity (Wildman–Crippen MR) is 200 cm³/mol. The summed E-state index contributed by atoms with van der Waals surface area (Å²) in [6.45, 7) is 6.15. The number of nitrogens with zero attached hydrogens (tertiary/aromatic N) is 7. The van der Waals surface area contributed by atoms with Crippen LogP contribution < -0.4 is 20.9 Å². The number of ether oxygens (including phenoxy) is 1. The summed E-state index contributed by atoms with van der Waals surface area (Å²) in [7, 11) is 1.76. The van der Waals surface area contributed by atoms with Gasteiger partial charge in [-0.2, -0.15) is 15.0 Å². The quantitative estimate of drug-likeness (QED) is 0.258. The first-order valence-corrected chi connectivity index (χ1v) is 17.8. The molecule has 1 aromatic heterocycles. The molecule has 1 saturated heterocycles. The fourth-order valence-corrected chi connectivity index (χ4v) is 7.08. The van der Waals surface area contributed by atoms with Crippen LogP contribution in [0.2, 0.25) is 0 Å². The summed E-state index contributed by atoms with van der Waals surface area (Å²) >= 11 is 6.42. The van der Waals surface area contributed by atoms with Crippen LogP contribution in [0.1, 0.15) is 25.7 Å². The molecule has 256 valence electrons. The second kappa shape index (κ2) is 15.9. The van der Waals surface area contributed by atoms with E-state index >= 15 is 0 Å². The van der Waals surface area contributed by atoms with Crippen LogP contribution in [0.25, 0.3) is 0 Å². The minimum Gasteiger partial charge on any atom is -0.383 e. The molecule has 5 aliphatic rings. The molecule has 0 amide bonds. The number of para-hydroxylation sites is 1. The molecule has 0 bridgehead atoms. The van der Waals surface area contributed by atoms with Crippen molar-refractivity contribution in [2.24, 2.45) is 9.98 Å². The van der Waals surface area contributed by atoms with E-state index in [2.05, 4.69) is 74.3 Å². The molecular formula is C37H45ClN10O. The number of aromatic nitrogens is 3. The lowest BCUT2D eigenvalue weighted by Gasteiger charge is -2.38. The molecular weight excluding hydrogens is 636 g/mol. The summed E-state index contributed by atoms with van der Waals surface area (Å²) in [4.78, 5) is 29.5. The maximum Gasteiger partial charge on any atom is 0.232 e. The lowest BCUT2D eigenvalue weighted by Crippen LogP contribution is -2.50. The van der Waals surface area contributed by atoms with Crippen molar-refractivity contribution in [3.63, 3.8) is 0 Å². The second-order valence-corrected chi connectivity index (χ2v) is 13.2. The second-order valence-electron chi connectivity index (χ2n) is 12.7. The number of halogens is 1. The van der Waals surface area contributed by atoms with Crippen LogP contribution in [0.15, 0.2) is 99.0 Å². The van der Waals surface area contributed by atoms with E-state index in [1.807, 2.05) is 24.3 Å². The Morgan fingerprint density at radius 2 is 1.73 bits per heavy atom. The van der Waals surface area contributed by atoms with E-state index in [-0.39, 0.29) is 12.1 Å². The average molecular weight is 681 g/mol. The molecule has 11 nitrogen and oxygen atoms in total. The Morgan fingerprint density at radius 1 is 0.939 bits per heavy atom. The van der Waals surface area contributed by atoms with Gasteiger partial charge in [0.05, 0.1) is 24.4 Å². The number of hydrogen-bond acceptors (Lipinski definition) is 11. The summed E-state index contributed by atoms with van der Waals surface area (Å²) in [5, 5.41) is 11.1. The number of anilines is 4. The smallest absolute Gasteiger partial charge is 0.232 e. The predicted octanol–water partition coefficient (Wildman–Crippen LogP) is 5.27. The Labute approximate surface area is 293 Å². The van der Waals surface area contributed by atoms with Gasteiger partial charge in [-0.25, -0.2) is 0 Å². The number of nitrogens with one attached hydrogen (secondary N) is 3. The molecule has 3 heterocycles. The van der Waals surface area contributed by atoms with Crippen molar-refractivity contribution in [1.29, 1.82) is 0 Å². The van der Waals surface area contributed by atoms with Gasteiger partial charge < -0.3 is 25.6 Å². The number of allylic oxidation sites excluding steroid dienone is 5. The van der Waals surface area contributed by atoms with Crippen molar-refractivity contribution in [3.8, 4) is 0 Å². The van der Waals surface area contributed by atoms with Crippen LogP contribution in [0.3, 0.4) is 0 Å². The zero-order valence-corrected chi connectivity index (χ0v) is 28.8. The first-order chi connectivity index (χ1) is 24.1. The van der Waals surface area contributed by atoms with Crippen LogP contribution in [0.5, 0.6) is 0 Å². The fraction of sp³-hybridized carbons (Fsp3) is 0.432. The van der Waals surface area contributed by atoms with Gasteiger partial charge in [-0.15, -0.1) is 0 Å². The topological polar surface area (TPSA) is 115 Å². The van der Waals surface area contributed by atoms with Gasteiger partial charge >= 0.3 is 0 Å². The summed E-state index contributed by atoms with van der Waals surface area (Å²) < 4.78 is 5.70. The number of aliphatic imine (C=N–C) groups is 2. The van der Waals surface area contributed by atoms with Gasteiger partial charge in [0.15, 0.2) is 0 Å². The lowest BCUT2D eigenvalue weighted by molar-refractivity contribution is 0.133. The van der Waals surface area contributed by atoms with E-state index in [0.29, 0.717) is 49.9 Å². The Balaban J connectivity index is 1.04. The van der Waals surface area contributed by atoms with E-state index in [9.17, 15) is 0 Å². The Hall–Kier alpha value is -4.32. The van der Waals surface area contributed by atoms with Crippen molar-refractivity contribution in [2.75, 3.05) is 80.3 Å². The van der Waals surface area contributed by atoms with Gasteiger partial charge in [-0.3, -0.25) is 14.9 Å². The summed E-state index contributed by atoms with van der Waals surface area (Å²) in [6, 6.07) is 10.7. The van der Waals surface area contributed by atoms with Crippen LogP contribution in [0, 0.1) is 0 Å². The highest BCUT2D eigenvalue weighted by atomic mass is 35.5. The van der Waals surface area contributed by atoms with Gasteiger partial charge in [0.2, 0.25) is 17.8 Å². The van der Waals surface area contributed by atoms with E-state index in [1.165, 1.54) is 0 Å². The zero-order valence-electron chi connectivity index (χ0n) is 28.1. The highest BCUT2D eigenvalue weighted by Crippen LogP contribution is 2.35. The van der Waals surface area contributed by atoms with E-state index in [1.54, 1.807) is 7.11 Å². The van der Waals surface area contributed by atoms with Crippen LogP contribution >= 0.6 is 11.6 Å². The Bertz CT molecular complexity index is 1690. The Morgan fingerprint density at radius 3 is 2.51 bits per heavy atom. The number of fused-ring (bicyclic) bond motifs is 2. The third-order valence-corrected chi connectivity index (χ3v) is 9.77. The monoisotopic (exact) mass is 680 g/mol. The minimum atomic E-state index is 0.0117. The van der Waals surface area contributed by atoms with Gasteiger partial charge in [0.25, 0.3) is 0 Å². The number of piperazine rings is 1. The molecule has 2 aromatic rings. The summed E-state index contributed by atoms with van der Waals surface area (Å²) in [5.74, 6) is 1.78. The van der Waals surface area contributed by atoms with Gasteiger partial charge in [0.1, 0.15) is 0 Å². The molecule has 3 N–H and O–H groups in total. The molecule has 1 fully saturated rings. The number of rotatable bonds is 12. The van der Waals surface area contributed by atoms with E-state index in [4.69, 9.17) is 41.3 Å². The average Bonchev–Trinajstić information content (AvgIpc) is 3.15. The first kappa shape index (κ1) is 33.2. The van der Waals surface area contributed by atoms with E-state index < -0.39 is 0 Å². The number of benzene rings is 1. The summed E-state index contributed by atoms with van der Waals surface area (Å²) in [5.41, 5.74) is 5.38. The van der Waals surface area contributed by atoms with Crippen molar-refractivity contribution >= 4 is 46.6 Å². The van der Waals surface area contributed by atoms with Crippen molar-refractivity contribution in [2.45, 2.75) is 43.9 Å². The zero-order chi connectivity index (χ0) is 33.4. The van der Waals surface area contributed by atoms with Crippen LogP contribution in [-0.4, -0.2) is 109 Å². The van der Waals surface area contributed by atoms with Crippen LogP contribution in [-0.2, 0) is 4.74 Å². The molecule has 49 heavy (non-hydrogen) atoms. The number of methoxy groups -OCH3 is 1. The normalized spacial score (nSPS) is 24.3. The Kier molecular flexibility index (Phi) is 10.8. The van der Waals surface area contributed by atoms with E-state index in [0.717, 1.165) is 85.3 Å². The van der Waals surface area contributed by atoms with Crippen molar-refractivity contribution < 1.29 is 4.74 Å². The maximum absolute atomic E-state index is 6.42. The molecule has 3 atom stereocenters. The van der Waals surface area contributed by atoms with Gasteiger partial charge in [0, 0.05) is 93.0 Å². The lowest BCUT2D eigenvalue weighted by atomic mass is 9.81. The van der Waals surface area contributed by atoms with Crippen molar-refractivity contribution in [3.05, 3.63) is 89.0 Å². The first-order valence-electron chi connectivity index (χ1n) is 17.4. The highest BCUT2D eigenvalue weighted by molar-refractivity contribution is 6.34. The molecule has 7 rings (SSSR count). The largest absolute Gasteiger partial charge is 0.383 e. The SMILES string of the molecule is COC1C=C2C(=NC3CC(Cl)=CC=C3C2=NCCNc2nc(NCCNc3ccccc3)nc(N3CCN(C4C=CC=CC4)CC3)n2)CC1. The molecule has 0 saturated carbocycles. The van der Waals surface area contributed by atoms with Gasteiger partial charge in [-0.1, -0.05) is 60.2 Å².